The van der Waals surface area contributed by atoms with Crippen LogP contribution in [0.4, 0.5) is 0 Å². The highest BCUT2D eigenvalue weighted by molar-refractivity contribution is 7.90. The summed E-state index contributed by atoms with van der Waals surface area (Å²) in [6.07, 6.45) is 5.68. The summed E-state index contributed by atoms with van der Waals surface area (Å²) in [5.74, 6) is -0.168. The minimum atomic E-state index is -3.65. The molecule has 144 valence electrons. The van der Waals surface area contributed by atoms with E-state index in [1.54, 1.807) is 24.3 Å². The van der Waals surface area contributed by atoms with Gasteiger partial charge >= 0.3 is 0 Å². The van der Waals surface area contributed by atoms with Crippen LogP contribution in [0.1, 0.15) is 40.2 Å². The SMILES string of the molecule is Cc1ccc(S(=O)(=O)N[C@@H](C(C)C)C2C=CC=C2S(=O)C(C)(C)C)cc1. The molecule has 4 nitrogen and oxygen atoms in total. The first-order valence-electron chi connectivity index (χ1n) is 8.83. The third-order valence-electron chi connectivity index (χ3n) is 4.41. The van der Waals surface area contributed by atoms with Gasteiger partial charge in [0.05, 0.1) is 15.7 Å². The maximum atomic E-state index is 12.9. The average molecular weight is 396 g/mol. The Morgan fingerprint density at radius 1 is 1.12 bits per heavy atom. The summed E-state index contributed by atoms with van der Waals surface area (Å²) in [6.45, 7) is 11.7. The fourth-order valence-corrected chi connectivity index (χ4v) is 5.69. The van der Waals surface area contributed by atoms with Crippen LogP contribution >= 0.6 is 0 Å². The van der Waals surface area contributed by atoms with E-state index in [9.17, 15) is 12.6 Å². The maximum Gasteiger partial charge on any atom is 0.240 e. The van der Waals surface area contributed by atoms with Crippen molar-refractivity contribution in [3.8, 4) is 0 Å². The molecule has 0 fully saturated rings. The Balaban J connectivity index is 2.32. The highest BCUT2D eigenvalue weighted by Crippen LogP contribution is 2.34. The summed E-state index contributed by atoms with van der Waals surface area (Å²) in [5, 5.41) is 0. The van der Waals surface area contributed by atoms with Gasteiger partial charge in [-0.3, -0.25) is 4.21 Å². The van der Waals surface area contributed by atoms with Crippen molar-refractivity contribution in [1.29, 1.82) is 0 Å². The number of hydrogen-bond acceptors (Lipinski definition) is 3. The second-order valence-electron chi connectivity index (χ2n) is 8.06. The van der Waals surface area contributed by atoms with Gasteiger partial charge in [-0.2, -0.15) is 0 Å². The molecule has 0 amide bonds. The third kappa shape index (κ3) is 4.72. The van der Waals surface area contributed by atoms with Crippen LogP contribution in [0.15, 0.2) is 52.3 Å². The summed E-state index contributed by atoms with van der Waals surface area (Å²) in [7, 11) is -4.85. The number of sulfonamides is 1. The van der Waals surface area contributed by atoms with Crippen molar-refractivity contribution < 1.29 is 12.6 Å². The van der Waals surface area contributed by atoms with Gasteiger partial charge in [0.25, 0.3) is 0 Å². The number of hydrogen-bond donors (Lipinski definition) is 1. The molecule has 1 aliphatic rings. The van der Waals surface area contributed by atoms with Gasteiger partial charge in [-0.25, -0.2) is 13.1 Å². The second kappa shape index (κ2) is 7.79. The van der Waals surface area contributed by atoms with Crippen LogP contribution in [0.3, 0.4) is 0 Å². The number of allylic oxidation sites excluding steroid dienone is 2. The predicted octanol–water partition coefficient (Wildman–Crippen LogP) is 3.92. The molecule has 3 atom stereocenters. The maximum absolute atomic E-state index is 12.9. The van der Waals surface area contributed by atoms with Gasteiger partial charge in [-0.1, -0.05) is 43.7 Å². The van der Waals surface area contributed by atoms with Gasteiger partial charge in [0.1, 0.15) is 0 Å². The van der Waals surface area contributed by atoms with Crippen LogP contribution < -0.4 is 4.72 Å². The number of aryl methyl sites for hydroxylation is 1. The van der Waals surface area contributed by atoms with Crippen molar-refractivity contribution >= 4 is 20.8 Å². The second-order valence-corrected chi connectivity index (χ2v) is 12.0. The molecule has 0 saturated heterocycles. The lowest BCUT2D eigenvalue weighted by Crippen LogP contribution is -2.44. The van der Waals surface area contributed by atoms with Crippen LogP contribution in [0.2, 0.25) is 0 Å². The Morgan fingerprint density at radius 2 is 1.69 bits per heavy atom. The monoisotopic (exact) mass is 395 g/mol. The van der Waals surface area contributed by atoms with E-state index in [4.69, 9.17) is 0 Å². The van der Waals surface area contributed by atoms with E-state index in [0.717, 1.165) is 10.5 Å². The first kappa shape index (κ1) is 21.1. The molecule has 0 saturated carbocycles. The molecule has 0 aliphatic heterocycles. The third-order valence-corrected chi connectivity index (χ3v) is 7.83. The van der Waals surface area contributed by atoms with Crippen LogP contribution in [0.25, 0.3) is 0 Å². The fourth-order valence-electron chi connectivity index (χ4n) is 2.90. The van der Waals surface area contributed by atoms with Crippen LogP contribution in [-0.2, 0) is 20.8 Å². The molecule has 26 heavy (non-hydrogen) atoms. The summed E-state index contributed by atoms with van der Waals surface area (Å²) in [6, 6.07) is 6.44. The zero-order chi connectivity index (χ0) is 19.7. The van der Waals surface area contributed by atoms with Gasteiger partial charge in [0.2, 0.25) is 10.0 Å². The quantitative estimate of drug-likeness (QED) is 0.794. The molecule has 6 heteroatoms. The van der Waals surface area contributed by atoms with Gasteiger partial charge < -0.3 is 0 Å². The molecule has 1 N–H and O–H groups in total. The van der Waals surface area contributed by atoms with Gasteiger partial charge in [0.15, 0.2) is 0 Å². The molecule has 0 bridgehead atoms. The van der Waals surface area contributed by atoms with E-state index in [-0.39, 0.29) is 22.8 Å². The first-order valence-corrected chi connectivity index (χ1v) is 11.5. The summed E-state index contributed by atoms with van der Waals surface area (Å²) >= 11 is 0. The standard InChI is InChI=1S/C20H29NO3S2/c1-14(2)19(17-8-7-9-18(17)25(22)20(4,5)6)21-26(23,24)16-12-10-15(3)11-13-16/h7-14,17,19,21H,1-6H3/t17?,19-,25?/m0/s1. The molecular weight excluding hydrogens is 366 g/mol. The number of nitrogens with one attached hydrogen (secondary N) is 1. The summed E-state index contributed by atoms with van der Waals surface area (Å²) < 4.78 is 41.1. The van der Waals surface area contributed by atoms with Gasteiger partial charge in [-0.05, 0) is 51.8 Å². The Hall–Kier alpha value is -1.24. The van der Waals surface area contributed by atoms with E-state index in [1.807, 2.05) is 59.8 Å². The molecule has 1 aromatic carbocycles. The molecule has 2 unspecified atom stereocenters. The van der Waals surface area contributed by atoms with Crippen LogP contribution in [0, 0.1) is 18.8 Å². The highest BCUT2D eigenvalue weighted by Gasteiger charge is 2.36. The molecule has 1 aromatic rings. The van der Waals surface area contributed by atoms with Crippen LogP contribution in [0.5, 0.6) is 0 Å². The zero-order valence-corrected chi connectivity index (χ0v) is 17.9. The highest BCUT2D eigenvalue weighted by atomic mass is 32.2. The van der Waals surface area contributed by atoms with Crippen molar-refractivity contribution in [2.24, 2.45) is 11.8 Å². The molecule has 0 aromatic heterocycles. The zero-order valence-electron chi connectivity index (χ0n) is 16.3. The van der Waals surface area contributed by atoms with Crippen LogP contribution in [-0.4, -0.2) is 23.4 Å². The average Bonchev–Trinajstić information content (AvgIpc) is 3.00. The van der Waals surface area contributed by atoms with Crippen molar-refractivity contribution in [2.75, 3.05) is 0 Å². The first-order chi connectivity index (χ1) is 11.9. The number of rotatable bonds is 6. The summed E-state index contributed by atoms with van der Waals surface area (Å²) in [5.41, 5.74) is 1.01. The van der Waals surface area contributed by atoms with Gasteiger partial charge in [-0.15, -0.1) is 0 Å². The molecule has 1 aliphatic carbocycles. The fraction of sp³-hybridized carbons (Fsp3) is 0.500. The number of benzene rings is 1. The van der Waals surface area contributed by atoms with Crippen molar-refractivity contribution in [1.82, 2.24) is 4.72 Å². The molecule has 0 spiro atoms. The minimum absolute atomic E-state index is 0.0448. The Kier molecular flexibility index (Phi) is 6.31. The molecule has 0 radical (unpaired) electrons. The largest absolute Gasteiger partial charge is 0.254 e. The van der Waals surface area contributed by atoms with E-state index in [0.29, 0.717) is 0 Å². The van der Waals surface area contributed by atoms with E-state index >= 15 is 0 Å². The molecule has 0 heterocycles. The van der Waals surface area contributed by atoms with Crippen molar-refractivity contribution in [3.63, 3.8) is 0 Å². The lowest BCUT2D eigenvalue weighted by atomic mass is 9.92. The normalized spacial score (nSPS) is 20.3. The van der Waals surface area contributed by atoms with Crippen molar-refractivity contribution in [2.45, 2.75) is 57.2 Å². The van der Waals surface area contributed by atoms with E-state index < -0.39 is 25.6 Å². The van der Waals surface area contributed by atoms with Crippen molar-refractivity contribution in [3.05, 3.63) is 53.0 Å². The minimum Gasteiger partial charge on any atom is -0.254 e. The lowest BCUT2D eigenvalue weighted by molar-refractivity contribution is 0.400. The summed E-state index contributed by atoms with van der Waals surface area (Å²) in [4.78, 5) is 1.03. The molecule has 2 rings (SSSR count). The lowest BCUT2D eigenvalue weighted by Gasteiger charge is -2.31. The topological polar surface area (TPSA) is 63.2 Å². The van der Waals surface area contributed by atoms with E-state index in [2.05, 4.69) is 4.72 Å². The Morgan fingerprint density at radius 3 is 2.19 bits per heavy atom. The van der Waals surface area contributed by atoms with Gasteiger partial charge in [0, 0.05) is 21.6 Å². The van der Waals surface area contributed by atoms with E-state index in [1.165, 1.54) is 0 Å². The smallest absolute Gasteiger partial charge is 0.240 e. The Bertz CT molecular complexity index is 829. The Labute approximate surface area is 160 Å². The molecular formula is C20H29NO3S2. The predicted molar refractivity (Wildman–Crippen MR) is 109 cm³/mol.